The molecule has 0 unspecified atom stereocenters. The minimum absolute atomic E-state index is 0.312. The summed E-state index contributed by atoms with van der Waals surface area (Å²) in [5.74, 6) is 1.01. The summed E-state index contributed by atoms with van der Waals surface area (Å²) in [6.45, 7) is 5.18. The number of aromatic nitrogens is 2. The van der Waals surface area contributed by atoms with Crippen LogP contribution in [0.15, 0.2) is 42.6 Å². The molecular weight excluding hydrogens is 322 g/mol. The maximum Gasteiger partial charge on any atom is 0.123 e. The highest BCUT2D eigenvalue weighted by Gasteiger charge is 2.23. The third-order valence-electron chi connectivity index (χ3n) is 5.56. The average molecular weight is 349 g/mol. The third kappa shape index (κ3) is 3.61. The van der Waals surface area contributed by atoms with Crippen LogP contribution in [0.1, 0.15) is 42.4 Å². The Labute approximate surface area is 155 Å². The Morgan fingerprint density at radius 2 is 1.88 bits per heavy atom. The van der Waals surface area contributed by atoms with Crippen molar-refractivity contribution in [2.45, 2.75) is 58.2 Å². The fourth-order valence-electron chi connectivity index (χ4n) is 3.93. The van der Waals surface area contributed by atoms with Crippen molar-refractivity contribution in [3.8, 4) is 5.75 Å². The first-order valence-electron chi connectivity index (χ1n) is 9.58. The van der Waals surface area contributed by atoms with Gasteiger partial charge in [0.15, 0.2) is 0 Å². The first kappa shape index (κ1) is 17.1. The van der Waals surface area contributed by atoms with Gasteiger partial charge in [0.05, 0.1) is 17.8 Å². The van der Waals surface area contributed by atoms with Gasteiger partial charge in [-0.15, -0.1) is 0 Å². The van der Waals surface area contributed by atoms with Crippen molar-refractivity contribution >= 4 is 10.9 Å². The lowest BCUT2D eigenvalue weighted by atomic mass is 9.92. The third-order valence-corrected chi connectivity index (χ3v) is 5.56. The van der Waals surface area contributed by atoms with E-state index in [-0.39, 0.29) is 0 Å². The Kier molecular flexibility index (Phi) is 4.93. The Balaban J connectivity index is 1.33. The van der Waals surface area contributed by atoms with Crippen molar-refractivity contribution in [1.82, 2.24) is 15.5 Å². The Morgan fingerprint density at radius 1 is 1.12 bits per heavy atom. The van der Waals surface area contributed by atoms with E-state index in [1.165, 1.54) is 34.9 Å². The maximum atomic E-state index is 6.39. The van der Waals surface area contributed by atoms with E-state index in [4.69, 9.17) is 4.74 Å². The molecule has 4 nitrogen and oxygen atoms in total. The number of H-pyrrole nitrogens is 1. The molecule has 1 aliphatic rings. The van der Waals surface area contributed by atoms with Gasteiger partial charge in [-0.25, -0.2) is 0 Å². The van der Waals surface area contributed by atoms with Crippen LogP contribution in [0.3, 0.4) is 0 Å². The first-order valence-corrected chi connectivity index (χ1v) is 9.58. The summed E-state index contributed by atoms with van der Waals surface area (Å²) in [4.78, 5) is 0. The van der Waals surface area contributed by atoms with E-state index >= 15 is 0 Å². The second kappa shape index (κ2) is 7.50. The smallest absolute Gasteiger partial charge is 0.123 e. The van der Waals surface area contributed by atoms with Gasteiger partial charge in [-0.2, -0.15) is 5.10 Å². The van der Waals surface area contributed by atoms with Gasteiger partial charge >= 0.3 is 0 Å². The molecule has 0 atom stereocenters. The van der Waals surface area contributed by atoms with Crippen LogP contribution in [0, 0.1) is 13.8 Å². The quantitative estimate of drug-likeness (QED) is 0.704. The number of fused-ring (bicyclic) bond motifs is 1. The van der Waals surface area contributed by atoms with Crippen LogP contribution < -0.4 is 10.1 Å². The zero-order valence-corrected chi connectivity index (χ0v) is 15.6. The van der Waals surface area contributed by atoms with Gasteiger partial charge in [-0.05, 0) is 56.7 Å². The van der Waals surface area contributed by atoms with Gasteiger partial charge in [0.1, 0.15) is 5.75 Å². The molecular formula is C22H27N3O. The van der Waals surface area contributed by atoms with E-state index in [1.54, 1.807) is 0 Å². The normalized spacial score (nSPS) is 20.4. The molecule has 0 saturated heterocycles. The molecule has 26 heavy (non-hydrogen) atoms. The monoisotopic (exact) mass is 349 g/mol. The number of aromatic amines is 1. The lowest BCUT2D eigenvalue weighted by molar-refractivity contribution is 0.138. The van der Waals surface area contributed by atoms with E-state index in [1.807, 2.05) is 6.20 Å². The van der Waals surface area contributed by atoms with E-state index in [2.05, 4.69) is 65.8 Å². The number of rotatable bonds is 5. The van der Waals surface area contributed by atoms with E-state index in [0.717, 1.165) is 30.7 Å². The molecule has 4 rings (SSSR count). The number of nitrogens with one attached hydrogen (secondary N) is 2. The van der Waals surface area contributed by atoms with E-state index in [0.29, 0.717) is 12.1 Å². The lowest BCUT2D eigenvalue weighted by Crippen LogP contribution is -2.36. The standard InChI is InChI=1S/C22H27N3O/c1-15-12-21(16(2)20-14-24-25-22(15)20)26-19-10-8-18(9-11-19)23-13-17-6-4-3-5-7-17/h3-7,12,14,18-19,23H,8-11,13H2,1-2H3,(H,24,25). The van der Waals surface area contributed by atoms with Gasteiger partial charge in [0.25, 0.3) is 0 Å². The topological polar surface area (TPSA) is 49.9 Å². The molecule has 3 aromatic rings. The maximum absolute atomic E-state index is 6.39. The summed E-state index contributed by atoms with van der Waals surface area (Å²) in [5, 5.41) is 12.1. The molecule has 1 saturated carbocycles. The average Bonchev–Trinajstić information content (AvgIpc) is 3.17. The number of aryl methyl sites for hydroxylation is 2. The second-order valence-corrected chi connectivity index (χ2v) is 7.43. The molecule has 1 fully saturated rings. The minimum atomic E-state index is 0.312. The van der Waals surface area contributed by atoms with Gasteiger partial charge in [0.2, 0.25) is 0 Å². The minimum Gasteiger partial charge on any atom is -0.490 e. The Morgan fingerprint density at radius 3 is 2.65 bits per heavy atom. The van der Waals surface area contributed by atoms with Gasteiger partial charge in [-0.3, -0.25) is 5.10 Å². The molecule has 136 valence electrons. The van der Waals surface area contributed by atoms with Crippen molar-refractivity contribution in [3.63, 3.8) is 0 Å². The van der Waals surface area contributed by atoms with Crippen molar-refractivity contribution in [2.24, 2.45) is 0 Å². The lowest BCUT2D eigenvalue weighted by Gasteiger charge is -2.30. The molecule has 1 aliphatic carbocycles. The summed E-state index contributed by atoms with van der Waals surface area (Å²) < 4.78 is 6.39. The number of benzene rings is 2. The fraction of sp³-hybridized carbons (Fsp3) is 0.409. The van der Waals surface area contributed by atoms with Crippen molar-refractivity contribution in [2.75, 3.05) is 0 Å². The highest BCUT2D eigenvalue weighted by atomic mass is 16.5. The Bertz CT molecular complexity index is 864. The fourth-order valence-corrected chi connectivity index (χ4v) is 3.93. The van der Waals surface area contributed by atoms with Crippen LogP contribution in [0.25, 0.3) is 10.9 Å². The first-order chi connectivity index (χ1) is 12.7. The number of nitrogens with zero attached hydrogens (tertiary/aromatic N) is 1. The van der Waals surface area contributed by atoms with Crippen LogP contribution in [0.2, 0.25) is 0 Å². The summed E-state index contributed by atoms with van der Waals surface area (Å²) in [6.07, 6.45) is 6.76. The molecule has 1 heterocycles. The molecule has 1 aromatic heterocycles. The molecule has 0 aliphatic heterocycles. The highest BCUT2D eigenvalue weighted by molar-refractivity contribution is 5.86. The molecule has 2 aromatic carbocycles. The molecule has 4 heteroatoms. The van der Waals surface area contributed by atoms with Crippen LogP contribution in [-0.4, -0.2) is 22.3 Å². The van der Waals surface area contributed by atoms with Gasteiger partial charge in [0, 0.05) is 23.5 Å². The summed E-state index contributed by atoms with van der Waals surface area (Å²) in [6, 6.07) is 13.4. The summed E-state index contributed by atoms with van der Waals surface area (Å²) in [7, 11) is 0. The number of ether oxygens (including phenoxy) is 1. The largest absolute Gasteiger partial charge is 0.490 e. The predicted octanol–water partition coefficient (Wildman–Crippen LogP) is 4.66. The molecule has 2 N–H and O–H groups in total. The van der Waals surface area contributed by atoms with Crippen LogP contribution in [0.4, 0.5) is 0 Å². The van der Waals surface area contributed by atoms with E-state index < -0.39 is 0 Å². The van der Waals surface area contributed by atoms with Gasteiger partial charge < -0.3 is 10.1 Å². The number of hydrogen-bond donors (Lipinski definition) is 2. The van der Waals surface area contributed by atoms with Crippen LogP contribution in [0.5, 0.6) is 5.75 Å². The number of hydrogen-bond acceptors (Lipinski definition) is 3. The van der Waals surface area contributed by atoms with Crippen molar-refractivity contribution in [1.29, 1.82) is 0 Å². The Hall–Kier alpha value is -2.33. The molecule has 0 spiro atoms. The predicted molar refractivity (Wildman–Crippen MR) is 106 cm³/mol. The zero-order chi connectivity index (χ0) is 17.9. The molecule has 0 bridgehead atoms. The molecule has 0 amide bonds. The summed E-state index contributed by atoms with van der Waals surface area (Å²) >= 11 is 0. The zero-order valence-electron chi connectivity index (χ0n) is 15.6. The van der Waals surface area contributed by atoms with Crippen molar-refractivity contribution in [3.05, 3.63) is 59.3 Å². The summed E-state index contributed by atoms with van der Waals surface area (Å²) in [5.41, 5.74) is 4.84. The molecule has 0 radical (unpaired) electrons. The van der Waals surface area contributed by atoms with Gasteiger partial charge in [-0.1, -0.05) is 30.3 Å². The van der Waals surface area contributed by atoms with Crippen molar-refractivity contribution < 1.29 is 4.74 Å². The van der Waals surface area contributed by atoms with Crippen LogP contribution >= 0.6 is 0 Å². The highest BCUT2D eigenvalue weighted by Crippen LogP contribution is 2.32. The van der Waals surface area contributed by atoms with E-state index in [9.17, 15) is 0 Å². The second-order valence-electron chi connectivity index (χ2n) is 7.43. The van der Waals surface area contributed by atoms with Crippen LogP contribution in [-0.2, 0) is 6.54 Å². The SMILES string of the molecule is Cc1c(OC2CCC(NCc3ccccc3)CC2)cc(C)c2[nH]ncc12.